The molecule has 0 saturated heterocycles. The number of anilines is 1. The minimum absolute atomic E-state index is 0.159. The molecule has 1 aliphatic carbocycles. The van der Waals surface area contributed by atoms with Crippen LogP contribution in [0.25, 0.3) is 22.3 Å². The molecule has 0 spiro atoms. The molecule has 5 rings (SSSR count). The molecular weight excluding hydrogens is 426 g/mol. The fourth-order valence-electron chi connectivity index (χ4n) is 4.48. The summed E-state index contributed by atoms with van der Waals surface area (Å²) in [5, 5.41) is 16.8. The molecule has 0 bridgehead atoms. The zero-order chi connectivity index (χ0) is 22.8. The Bertz CT molecular complexity index is 1310. The number of fused-ring (bicyclic) bond motifs is 1. The van der Waals surface area contributed by atoms with Gasteiger partial charge in [0, 0.05) is 23.8 Å². The molecule has 1 fully saturated rings. The van der Waals surface area contributed by atoms with Crippen molar-refractivity contribution < 1.29 is 8.78 Å². The Kier molecular flexibility index (Phi) is 5.69. The summed E-state index contributed by atoms with van der Waals surface area (Å²) >= 11 is 0. The highest BCUT2D eigenvalue weighted by molar-refractivity contribution is 5.75. The number of rotatable bonds is 6. The number of aromatic nitrogens is 6. The van der Waals surface area contributed by atoms with Crippen LogP contribution in [0, 0.1) is 11.3 Å². The molecule has 0 radical (unpaired) electrons. The van der Waals surface area contributed by atoms with Gasteiger partial charge in [-0.3, -0.25) is 4.68 Å². The number of nitrogens with zero attached hydrogens (tertiary/aromatic N) is 7. The Hall–Kier alpha value is -3.87. The molecule has 0 unspecified atom stereocenters. The molecule has 10 heteroatoms. The minimum atomic E-state index is -2.51. The lowest BCUT2D eigenvalue weighted by molar-refractivity contribution is 0.122. The van der Waals surface area contributed by atoms with Gasteiger partial charge < -0.3 is 9.88 Å². The first-order valence-electron chi connectivity index (χ1n) is 10.9. The third kappa shape index (κ3) is 4.39. The second-order valence-corrected chi connectivity index (χ2v) is 8.21. The summed E-state index contributed by atoms with van der Waals surface area (Å²) in [5.74, 6) is 0.409. The van der Waals surface area contributed by atoms with E-state index in [1.165, 1.54) is 18.6 Å². The van der Waals surface area contributed by atoms with Crippen LogP contribution in [0.3, 0.4) is 0 Å². The van der Waals surface area contributed by atoms with Crippen molar-refractivity contribution in [3.05, 3.63) is 54.7 Å². The molecule has 2 atom stereocenters. The maximum Gasteiger partial charge on any atom is 0.257 e. The molecular formula is C23H22F2N8. The number of imidazole rings is 1. The summed E-state index contributed by atoms with van der Waals surface area (Å²) in [5.41, 5.74) is 3.26. The van der Waals surface area contributed by atoms with Crippen molar-refractivity contribution in [2.24, 2.45) is 0 Å². The van der Waals surface area contributed by atoms with Gasteiger partial charge in [-0.15, -0.1) is 0 Å². The Labute approximate surface area is 188 Å². The van der Waals surface area contributed by atoms with E-state index in [0.717, 1.165) is 41.4 Å². The smallest absolute Gasteiger partial charge is 0.257 e. The predicted octanol–water partition coefficient (Wildman–Crippen LogP) is 4.42. The van der Waals surface area contributed by atoms with E-state index >= 15 is 0 Å². The molecule has 3 heterocycles. The summed E-state index contributed by atoms with van der Waals surface area (Å²) < 4.78 is 28.7. The molecule has 1 N–H and O–H groups in total. The van der Waals surface area contributed by atoms with E-state index in [2.05, 4.69) is 42.1 Å². The Balaban J connectivity index is 1.35. The molecule has 33 heavy (non-hydrogen) atoms. The maximum atomic E-state index is 12.7. The predicted molar refractivity (Wildman–Crippen MR) is 119 cm³/mol. The lowest BCUT2D eigenvalue weighted by Crippen LogP contribution is -2.29. The first-order chi connectivity index (χ1) is 16.1. The zero-order valence-corrected chi connectivity index (χ0v) is 17.8. The minimum Gasteiger partial charge on any atom is -0.351 e. The Morgan fingerprint density at radius 1 is 1.18 bits per heavy atom. The molecule has 4 aromatic rings. The molecule has 168 valence electrons. The summed E-state index contributed by atoms with van der Waals surface area (Å²) in [6, 6.07) is 10.7. The molecule has 0 aliphatic heterocycles. The van der Waals surface area contributed by atoms with E-state index in [-0.39, 0.29) is 11.6 Å². The third-order valence-electron chi connectivity index (χ3n) is 6.00. The lowest BCUT2D eigenvalue weighted by atomic mass is 9.90. The fraction of sp³-hybridized carbons (Fsp3) is 0.348. The van der Waals surface area contributed by atoms with E-state index in [1.807, 2.05) is 24.5 Å². The van der Waals surface area contributed by atoms with Crippen molar-refractivity contribution in [1.29, 1.82) is 5.26 Å². The highest BCUT2D eigenvalue weighted by Gasteiger charge is 2.25. The van der Waals surface area contributed by atoms with Crippen LogP contribution < -0.4 is 5.32 Å². The van der Waals surface area contributed by atoms with Crippen molar-refractivity contribution in [3.63, 3.8) is 0 Å². The van der Waals surface area contributed by atoms with E-state index in [9.17, 15) is 14.0 Å². The van der Waals surface area contributed by atoms with Gasteiger partial charge in [-0.1, -0.05) is 12.1 Å². The summed E-state index contributed by atoms with van der Waals surface area (Å²) in [6.07, 6.45) is 7.77. The number of halogens is 2. The molecule has 1 aromatic carbocycles. The number of hydrogen-bond donors (Lipinski definition) is 1. The summed E-state index contributed by atoms with van der Waals surface area (Å²) in [6.45, 7) is -0.509. The van der Waals surface area contributed by atoms with Crippen LogP contribution in [0.2, 0.25) is 0 Å². The van der Waals surface area contributed by atoms with E-state index in [4.69, 9.17) is 0 Å². The number of para-hydroxylation sites is 2. The van der Waals surface area contributed by atoms with Gasteiger partial charge in [-0.25, -0.2) is 23.7 Å². The summed E-state index contributed by atoms with van der Waals surface area (Å²) in [7, 11) is 0. The zero-order valence-electron chi connectivity index (χ0n) is 17.8. The second kappa shape index (κ2) is 8.94. The average Bonchev–Trinajstić information content (AvgIpc) is 3.46. The van der Waals surface area contributed by atoms with Gasteiger partial charge >= 0.3 is 0 Å². The standard InChI is InChI=1S/C23H22F2N8/c24-21(25)13-32-12-16(11-29-32)22-15(9-26)10-27-23(31-22)30-17-4-3-5-18(8-17)33-14-28-19-6-1-2-7-20(19)33/h1-2,6-7,10-12,14,17-18,21H,3-5,8,13H2,(H,27,30,31)/t17-,18+/m1/s1. The first-order valence-corrected chi connectivity index (χ1v) is 10.9. The number of nitrogens with one attached hydrogen (secondary N) is 1. The van der Waals surface area contributed by atoms with Gasteiger partial charge in [0.25, 0.3) is 6.43 Å². The van der Waals surface area contributed by atoms with Crippen molar-refractivity contribution >= 4 is 17.0 Å². The highest BCUT2D eigenvalue weighted by atomic mass is 19.3. The van der Waals surface area contributed by atoms with Crippen LogP contribution in [0.15, 0.2) is 49.2 Å². The second-order valence-electron chi connectivity index (χ2n) is 8.21. The topological polar surface area (TPSA) is 97.2 Å². The van der Waals surface area contributed by atoms with Gasteiger partial charge in [-0.05, 0) is 37.8 Å². The van der Waals surface area contributed by atoms with Crippen LogP contribution in [0.1, 0.15) is 37.3 Å². The molecule has 3 aromatic heterocycles. The van der Waals surface area contributed by atoms with Crippen LogP contribution in [0.4, 0.5) is 14.7 Å². The molecule has 0 amide bonds. The van der Waals surface area contributed by atoms with Crippen molar-refractivity contribution in [2.45, 2.75) is 50.7 Å². The quantitative estimate of drug-likeness (QED) is 0.469. The van der Waals surface area contributed by atoms with Gasteiger partial charge in [0.15, 0.2) is 0 Å². The SMILES string of the molecule is N#Cc1cnc(N[C@@H]2CCC[C@H](n3cnc4ccccc43)C2)nc1-c1cnn(CC(F)F)c1. The molecule has 1 saturated carbocycles. The molecule has 8 nitrogen and oxygen atoms in total. The van der Waals surface area contributed by atoms with E-state index in [0.29, 0.717) is 23.2 Å². The first kappa shape index (κ1) is 21.0. The largest absolute Gasteiger partial charge is 0.351 e. The number of alkyl halides is 2. The van der Waals surface area contributed by atoms with Crippen LogP contribution in [-0.4, -0.2) is 41.8 Å². The van der Waals surface area contributed by atoms with Gasteiger partial charge in [-0.2, -0.15) is 10.4 Å². The number of benzene rings is 1. The Morgan fingerprint density at radius 2 is 2.06 bits per heavy atom. The normalized spacial score (nSPS) is 18.5. The number of hydrogen-bond acceptors (Lipinski definition) is 6. The fourth-order valence-corrected chi connectivity index (χ4v) is 4.48. The Morgan fingerprint density at radius 3 is 2.91 bits per heavy atom. The van der Waals surface area contributed by atoms with Crippen LogP contribution >= 0.6 is 0 Å². The van der Waals surface area contributed by atoms with Crippen LogP contribution in [-0.2, 0) is 6.54 Å². The van der Waals surface area contributed by atoms with Crippen molar-refractivity contribution in [2.75, 3.05) is 5.32 Å². The lowest BCUT2D eigenvalue weighted by Gasteiger charge is -2.31. The van der Waals surface area contributed by atoms with Gasteiger partial charge in [0.05, 0.1) is 41.0 Å². The monoisotopic (exact) mass is 448 g/mol. The van der Waals surface area contributed by atoms with Gasteiger partial charge in [0.1, 0.15) is 12.6 Å². The number of nitriles is 1. The summed E-state index contributed by atoms with van der Waals surface area (Å²) in [4.78, 5) is 13.4. The van der Waals surface area contributed by atoms with Crippen molar-refractivity contribution in [1.82, 2.24) is 29.3 Å². The van der Waals surface area contributed by atoms with E-state index in [1.54, 1.807) is 0 Å². The van der Waals surface area contributed by atoms with E-state index < -0.39 is 13.0 Å². The molecule has 1 aliphatic rings. The third-order valence-corrected chi connectivity index (χ3v) is 6.00. The highest BCUT2D eigenvalue weighted by Crippen LogP contribution is 2.32. The van der Waals surface area contributed by atoms with Crippen LogP contribution in [0.5, 0.6) is 0 Å². The van der Waals surface area contributed by atoms with Gasteiger partial charge in [0.2, 0.25) is 5.95 Å². The average molecular weight is 448 g/mol. The van der Waals surface area contributed by atoms with Crippen molar-refractivity contribution in [3.8, 4) is 17.3 Å². The maximum absolute atomic E-state index is 12.7.